The highest BCUT2D eigenvalue weighted by atomic mass is 35.5. The number of ether oxygens (including phenoxy) is 1. The summed E-state index contributed by atoms with van der Waals surface area (Å²) < 4.78 is 7.16. The van der Waals surface area contributed by atoms with Crippen LogP contribution in [0.25, 0.3) is 5.69 Å². The zero-order chi connectivity index (χ0) is 15.5. The Labute approximate surface area is 139 Å². The lowest BCUT2D eigenvalue weighted by molar-refractivity contribution is 0.0684. The van der Waals surface area contributed by atoms with Crippen molar-refractivity contribution in [3.63, 3.8) is 0 Å². The van der Waals surface area contributed by atoms with E-state index in [2.05, 4.69) is 15.2 Å². The van der Waals surface area contributed by atoms with E-state index < -0.39 is 0 Å². The first kappa shape index (κ1) is 15.4. The van der Waals surface area contributed by atoms with Crippen molar-refractivity contribution in [2.24, 2.45) is 0 Å². The van der Waals surface area contributed by atoms with Crippen molar-refractivity contribution in [2.75, 3.05) is 26.3 Å². The Morgan fingerprint density at radius 1 is 1.27 bits per heavy atom. The predicted octanol–water partition coefficient (Wildman–Crippen LogP) is 2.43. The quantitative estimate of drug-likeness (QED) is 0.805. The standard InChI is InChI=1S/C15H17ClN4OS/c1-11-14(10-15(22)19-6-8-21-9-7-19)17-18-20(11)13-4-2-12(16)3-5-13/h2-5H,6-10H2,1H3. The second-order valence-corrected chi connectivity index (χ2v) is 6.09. The molecule has 7 heteroatoms. The van der Waals surface area contributed by atoms with Gasteiger partial charge in [-0.05, 0) is 31.2 Å². The number of thiocarbonyl (C=S) groups is 1. The van der Waals surface area contributed by atoms with E-state index in [-0.39, 0.29) is 0 Å². The zero-order valence-electron chi connectivity index (χ0n) is 12.3. The first-order valence-corrected chi connectivity index (χ1v) is 7.96. The molecule has 0 saturated carbocycles. The van der Waals surface area contributed by atoms with E-state index in [0.29, 0.717) is 11.4 Å². The Morgan fingerprint density at radius 2 is 1.95 bits per heavy atom. The molecule has 0 spiro atoms. The van der Waals surface area contributed by atoms with Crippen LogP contribution in [0.15, 0.2) is 24.3 Å². The minimum absolute atomic E-state index is 0.634. The minimum Gasteiger partial charge on any atom is -0.378 e. The minimum atomic E-state index is 0.634. The van der Waals surface area contributed by atoms with Crippen LogP contribution >= 0.6 is 23.8 Å². The van der Waals surface area contributed by atoms with Crippen molar-refractivity contribution in [1.82, 2.24) is 19.9 Å². The average molecular weight is 337 g/mol. The van der Waals surface area contributed by atoms with Crippen molar-refractivity contribution >= 4 is 28.8 Å². The van der Waals surface area contributed by atoms with Gasteiger partial charge in [0.25, 0.3) is 0 Å². The Morgan fingerprint density at radius 3 is 2.64 bits per heavy atom. The van der Waals surface area contributed by atoms with Crippen molar-refractivity contribution < 1.29 is 4.74 Å². The van der Waals surface area contributed by atoms with Crippen molar-refractivity contribution in [2.45, 2.75) is 13.3 Å². The zero-order valence-corrected chi connectivity index (χ0v) is 13.9. The van der Waals surface area contributed by atoms with Crippen LogP contribution in [0.4, 0.5) is 0 Å². The van der Waals surface area contributed by atoms with Gasteiger partial charge in [-0.15, -0.1) is 5.10 Å². The molecule has 116 valence electrons. The van der Waals surface area contributed by atoms with Gasteiger partial charge in [0.15, 0.2) is 0 Å². The third-order valence-corrected chi connectivity index (χ3v) is 4.40. The van der Waals surface area contributed by atoms with Gasteiger partial charge < -0.3 is 9.64 Å². The topological polar surface area (TPSA) is 43.2 Å². The van der Waals surface area contributed by atoms with Gasteiger partial charge in [-0.2, -0.15) is 0 Å². The Bertz CT molecular complexity index is 665. The van der Waals surface area contributed by atoms with Crippen molar-refractivity contribution in [3.8, 4) is 5.69 Å². The molecule has 22 heavy (non-hydrogen) atoms. The van der Waals surface area contributed by atoms with Gasteiger partial charge in [0.05, 0.1) is 35.3 Å². The van der Waals surface area contributed by atoms with Crippen LogP contribution in [-0.2, 0) is 11.2 Å². The lowest BCUT2D eigenvalue weighted by Crippen LogP contribution is -2.40. The molecule has 0 N–H and O–H groups in total. The molecule has 3 rings (SSSR count). The highest BCUT2D eigenvalue weighted by Gasteiger charge is 2.17. The molecule has 1 aromatic carbocycles. The van der Waals surface area contributed by atoms with E-state index in [1.807, 2.05) is 35.9 Å². The van der Waals surface area contributed by atoms with Gasteiger partial charge in [-0.3, -0.25) is 0 Å². The Kier molecular flexibility index (Phi) is 4.71. The molecule has 0 aliphatic carbocycles. The molecule has 5 nitrogen and oxygen atoms in total. The summed E-state index contributed by atoms with van der Waals surface area (Å²) >= 11 is 11.5. The van der Waals surface area contributed by atoms with E-state index in [1.54, 1.807) is 0 Å². The number of halogens is 1. The first-order valence-electron chi connectivity index (χ1n) is 7.18. The summed E-state index contributed by atoms with van der Waals surface area (Å²) in [5.41, 5.74) is 2.85. The van der Waals surface area contributed by atoms with Gasteiger partial charge in [-0.25, -0.2) is 4.68 Å². The number of rotatable bonds is 3. The molecule has 1 aliphatic heterocycles. The molecule has 0 amide bonds. The number of benzene rings is 1. The van der Waals surface area contributed by atoms with Gasteiger partial charge in [-0.1, -0.05) is 29.0 Å². The molecule has 1 saturated heterocycles. The van der Waals surface area contributed by atoms with Gasteiger partial charge in [0, 0.05) is 24.5 Å². The van der Waals surface area contributed by atoms with E-state index >= 15 is 0 Å². The van der Waals surface area contributed by atoms with E-state index in [4.69, 9.17) is 28.6 Å². The van der Waals surface area contributed by atoms with Crippen LogP contribution < -0.4 is 0 Å². The van der Waals surface area contributed by atoms with E-state index in [0.717, 1.165) is 48.4 Å². The van der Waals surface area contributed by atoms with Gasteiger partial charge >= 0.3 is 0 Å². The van der Waals surface area contributed by atoms with Crippen molar-refractivity contribution in [1.29, 1.82) is 0 Å². The SMILES string of the molecule is Cc1c(CC(=S)N2CCOCC2)nnn1-c1ccc(Cl)cc1. The summed E-state index contributed by atoms with van der Waals surface area (Å²) in [5.74, 6) is 0. The molecule has 1 aromatic heterocycles. The summed E-state index contributed by atoms with van der Waals surface area (Å²) in [4.78, 5) is 3.08. The molecular weight excluding hydrogens is 320 g/mol. The van der Waals surface area contributed by atoms with Crippen LogP contribution in [0.1, 0.15) is 11.4 Å². The largest absolute Gasteiger partial charge is 0.378 e. The molecular formula is C15H17ClN4OS. The number of hydrogen-bond donors (Lipinski definition) is 0. The number of hydrogen-bond acceptors (Lipinski definition) is 4. The predicted molar refractivity (Wildman–Crippen MR) is 89.8 cm³/mol. The van der Waals surface area contributed by atoms with Gasteiger partial charge in [0.1, 0.15) is 0 Å². The monoisotopic (exact) mass is 336 g/mol. The summed E-state index contributed by atoms with van der Waals surface area (Å²) in [5, 5.41) is 9.22. The molecule has 1 aliphatic rings. The third-order valence-electron chi connectivity index (χ3n) is 3.74. The second-order valence-electron chi connectivity index (χ2n) is 5.18. The molecule has 1 fully saturated rings. The molecule has 2 aromatic rings. The first-order chi connectivity index (χ1) is 10.6. The second kappa shape index (κ2) is 6.73. The van der Waals surface area contributed by atoms with Crippen LogP contribution in [0, 0.1) is 6.92 Å². The Hall–Kier alpha value is -1.50. The molecule has 0 bridgehead atoms. The van der Waals surface area contributed by atoms with Crippen LogP contribution in [0.2, 0.25) is 5.02 Å². The Balaban J connectivity index is 1.75. The summed E-state index contributed by atoms with van der Waals surface area (Å²) in [6.07, 6.45) is 0.634. The molecule has 0 unspecified atom stereocenters. The number of nitrogens with zero attached hydrogens (tertiary/aromatic N) is 4. The van der Waals surface area contributed by atoms with Crippen molar-refractivity contribution in [3.05, 3.63) is 40.7 Å². The van der Waals surface area contributed by atoms with Gasteiger partial charge in [0.2, 0.25) is 0 Å². The van der Waals surface area contributed by atoms with E-state index in [9.17, 15) is 0 Å². The van der Waals surface area contributed by atoms with E-state index in [1.165, 1.54) is 0 Å². The van der Waals surface area contributed by atoms with Crippen LogP contribution in [-0.4, -0.2) is 51.2 Å². The normalized spacial score (nSPS) is 15.1. The fourth-order valence-corrected chi connectivity index (χ4v) is 2.86. The maximum Gasteiger partial charge on any atom is 0.0928 e. The average Bonchev–Trinajstić information content (AvgIpc) is 2.90. The molecule has 0 radical (unpaired) electrons. The maximum absolute atomic E-state index is 5.92. The third kappa shape index (κ3) is 3.29. The molecule has 2 heterocycles. The maximum atomic E-state index is 5.92. The summed E-state index contributed by atoms with van der Waals surface area (Å²) in [6, 6.07) is 7.54. The highest BCUT2D eigenvalue weighted by molar-refractivity contribution is 7.80. The lowest BCUT2D eigenvalue weighted by Gasteiger charge is -2.28. The number of aromatic nitrogens is 3. The van der Waals surface area contributed by atoms with Crippen LogP contribution in [0.5, 0.6) is 0 Å². The highest BCUT2D eigenvalue weighted by Crippen LogP contribution is 2.16. The lowest BCUT2D eigenvalue weighted by atomic mass is 10.2. The smallest absolute Gasteiger partial charge is 0.0928 e. The fraction of sp³-hybridized carbons (Fsp3) is 0.400. The van der Waals surface area contributed by atoms with Crippen LogP contribution in [0.3, 0.4) is 0 Å². The molecule has 0 atom stereocenters. The summed E-state index contributed by atoms with van der Waals surface area (Å²) in [6.45, 7) is 5.17. The number of morpholine rings is 1. The summed E-state index contributed by atoms with van der Waals surface area (Å²) in [7, 11) is 0. The fourth-order valence-electron chi connectivity index (χ4n) is 2.42.